The van der Waals surface area contributed by atoms with Gasteiger partial charge >= 0.3 is 12.4 Å². The summed E-state index contributed by atoms with van der Waals surface area (Å²) in [5, 5.41) is 0. The molecule has 0 aromatic heterocycles. The first-order valence-corrected chi connectivity index (χ1v) is 12.4. The number of hydrogen-bond donors (Lipinski definition) is 0. The Morgan fingerprint density at radius 3 is 1.06 bits per heavy atom. The van der Waals surface area contributed by atoms with Gasteiger partial charge < -0.3 is 0 Å². The van der Waals surface area contributed by atoms with Gasteiger partial charge in [0, 0.05) is 12.5 Å². The lowest BCUT2D eigenvalue weighted by atomic mass is 9.83. The number of Topliss-reactive ketones (excluding diaryl/α,β-unsaturated/α-hetero) is 1. The molecular formula is C19H16F6O5S2. The van der Waals surface area contributed by atoms with Crippen LogP contribution in [0.25, 0.3) is 0 Å². The highest BCUT2D eigenvalue weighted by molar-refractivity contribution is 7.91. The lowest BCUT2D eigenvalue weighted by molar-refractivity contribution is -0.183. The van der Waals surface area contributed by atoms with Crippen LogP contribution < -0.4 is 0 Å². The molecular weight excluding hydrogens is 486 g/mol. The van der Waals surface area contributed by atoms with E-state index in [1.165, 1.54) is 0 Å². The number of sulfone groups is 2. The molecule has 0 saturated heterocycles. The number of halogens is 6. The molecule has 0 N–H and O–H groups in total. The molecule has 2 unspecified atom stereocenters. The van der Waals surface area contributed by atoms with Crippen LogP contribution in [0.5, 0.6) is 0 Å². The quantitative estimate of drug-likeness (QED) is 0.557. The highest BCUT2D eigenvalue weighted by Crippen LogP contribution is 2.45. The molecule has 0 saturated carbocycles. The summed E-state index contributed by atoms with van der Waals surface area (Å²) in [5.74, 6) is -8.63. The molecule has 2 aromatic rings. The van der Waals surface area contributed by atoms with Crippen molar-refractivity contribution in [1.29, 1.82) is 0 Å². The summed E-state index contributed by atoms with van der Waals surface area (Å²) in [7, 11) is -7.59. The first-order valence-electron chi connectivity index (χ1n) is 8.60. The number of hydrogen-bond acceptors (Lipinski definition) is 5. The summed E-state index contributed by atoms with van der Waals surface area (Å²) in [6.45, 7) is 0. The molecule has 0 aliphatic heterocycles. The summed E-state index contributed by atoms with van der Waals surface area (Å²) >= 11 is 0. The monoisotopic (exact) mass is 502 g/mol. The van der Waals surface area contributed by atoms with Crippen LogP contribution in [0.1, 0.15) is 23.0 Å². The lowest BCUT2D eigenvalue weighted by Gasteiger charge is -2.26. The fourth-order valence-corrected chi connectivity index (χ4v) is 4.27. The zero-order chi connectivity index (χ0) is 24.7. The van der Waals surface area contributed by atoms with Gasteiger partial charge in [-0.05, 0) is 35.4 Å². The third kappa shape index (κ3) is 5.88. The van der Waals surface area contributed by atoms with Gasteiger partial charge in [0.15, 0.2) is 25.5 Å². The Kier molecular flexibility index (Phi) is 6.87. The minimum absolute atomic E-state index is 0.377. The number of alkyl halides is 6. The van der Waals surface area contributed by atoms with E-state index in [-0.39, 0.29) is 9.79 Å². The summed E-state index contributed by atoms with van der Waals surface area (Å²) in [4.78, 5) is 11.9. The second-order valence-electron chi connectivity index (χ2n) is 7.03. The predicted octanol–water partition coefficient (Wildman–Crippen LogP) is 4.05. The molecule has 2 rings (SSSR count). The molecule has 0 amide bonds. The van der Waals surface area contributed by atoms with E-state index in [4.69, 9.17) is 0 Å². The maximum absolute atomic E-state index is 13.7. The maximum atomic E-state index is 13.7. The van der Waals surface area contributed by atoms with Crippen LogP contribution in [0.2, 0.25) is 0 Å². The second kappa shape index (κ2) is 8.50. The van der Waals surface area contributed by atoms with E-state index in [1.807, 2.05) is 0 Å². The number of carbonyl (C=O) groups excluding carboxylic acids is 1. The van der Waals surface area contributed by atoms with Crippen molar-refractivity contribution in [3.8, 4) is 0 Å². The molecule has 0 heterocycles. The van der Waals surface area contributed by atoms with Gasteiger partial charge in [0.25, 0.3) is 0 Å². The van der Waals surface area contributed by atoms with E-state index in [0.29, 0.717) is 24.3 Å². The van der Waals surface area contributed by atoms with Crippen molar-refractivity contribution in [1.82, 2.24) is 0 Å². The number of carbonyl (C=O) groups is 1. The van der Waals surface area contributed by atoms with Crippen molar-refractivity contribution in [2.75, 3.05) is 12.5 Å². The molecule has 13 heteroatoms. The van der Waals surface area contributed by atoms with E-state index >= 15 is 0 Å². The van der Waals surface area contributed by atoms with Gasteiger partial charge in [-0.1, -0.05) is 24.3 Å². The second-order valence-corrected chi connectivity index (χ2v) is 11.1. The highest BCUT2D eigenvalue weighted by Gasteiger charge is 2.55. The van der Waals surface area contributed by atoms with Crippen LogP contribution in [-0.4, -0.2) is 47.5 Å². The molecule has 0 radical (unpaired) electrons. The molecule has 0 bridgehead atoms. The van der Waals surface area contributed by atoms with Crippen molar-refractivity contribution < 1.29 is 48.0 Å². The van der Waals surface area contributed by atoms with Gasteiger partial charge in [-0.15, -0.1) is 0 Å². The fraction of sp³-hybridized carbons (Fsp3) is 0.316. The van der Waals surface area contributed by atoms with E-state index in [2.05, 4.69) is 0 Å². The smallest absolute Gasteiger partial charge is 0.298 e. The molecule has 0 fully saturated rings. The zero-order valence-electron chi connectivity index (χ0n) is 16.4. The molecule has 2 atom stereocenters. The Morgan fingerprint density at radius 1 is 0.625 bits per heavy atom. The van der Waals surface area contributed by atoms with E-state index in [1.54, 1.807) is 0 Å². The summed E-state index contributed by atoms with van der Waals surface area (Å²) in [6.07, 6.45) is -9.26. The maximum Gasteiger partial charge on any atom is 0.402 e. The normalized spacial score (nSPS) is 15.2. The largest absolute Gasteiger partial charge is 0.402 e. The standard InChI is InChI=1S/C19H16F6O5S2/c1-31(27,28)13-7-3-11(4-8-13)15(18(20,21)22)17(26)16(19(23,24)25)12-5-9-14(10-6-12)32(2,29)30/h3-10,15-16H,1-2H3. The lowest BCUT2D eigenvalue weighted by Crippen LogP contribution is -2.38. The Hall–Kier alpha value is -2.41. The van der Waals surface area contributed by atoms with Gasteiger partial charge in [-0.25, -0.2) is 16.8 Å². The predicted molar refractivity (Wildman–Crippen MR) is 102 cm³/mol. The Labute approximate surface area is 179 Å². The average Bonchev–Trinajstić information content (AvgIpc) is 2.59. The van der Waals surface area contributed by atoms with Crippen molar-refractivity contribution in [2.24, 2.45) is 0 Å². The number of ketones is 1. The van der Waals surface area contributed by atoms with Crippen LogP contribution in [0.15, 0.2) is 58.3 Å². The summed E-state index contributed by atoms with van der Waals surface area (Å²) < 4.78 is 128. The Balaban J connectivity index is 2.60. The van der Waals surface area contributed by atoms with Crippen LogP contribution >= 0.6 is 0 Å². The minimum atomic E-state index is -5.42. The number of benzene rings is 2. The first-order chi connectivity index (χ1) is 14.3. The molecule has 0 aliphatic rings. The Morgan fingerprint density at radius 2 is 0.875 bits per heavy atom. The molecule has 176 valence electrons. The van der Waals surface area contributed by atoms with Crippen molar-refractivity contribution in [3.05, 3.63) is 59.7 Å². The highest BCUT2D eigenvalue weighted by atomic mass is 32.2. The van der Waals surface area contributed by atoms with Gasteiger partial charge in [-0.2, -0.15) is 26.3 Å². The minimum Gasteiger partial charge on any atom is -0.298 e. The third-order valence-electron chi connectivity index (χ3n) is 4.51. The van der Waals surface area contributed by atoms with Crippen LogP contribution in [0, 0.1) is 0 Å². The zero-order valence-corrected chi connectivity index (χ0v) is 18.0. The Bertz CT molecular complexity index is 1100. The molecule has 2 aromatic carbocycles. The average molecular weight is 502 g/mol. The fourth-order valence-electron chi connectivity index (χ4n) is 3.01. The topological polar surface area (TPSA) is 85.3 Å². The summed E-state index contributed by atoms with van der Waals surface area (Å²) in [5.41, 5.74) is -1.73. The van der Waals surface area contributed by atoms with Crippen LogP contribution in [0.4, 0.5) is 26.3 Å². The van der Waals surface area contributed by atoms with E-state index in [0.717, 1.165) is 36.8 Å². The number of rotatable bonds is 6. The molecule has 0 aliphatic carbocycles. The molecule has 5 nitrogen and oxygen atoms in total. The van der Waals surface area contributed by atoms with Gasteiger partial charge in [0.1, 0.15) is 11.8 Å². The van der Waals surface area contributed by atoms with Crippen molar-refractivity contribution in [3.63, 3.8) is 0 Å². The van der Waals surface area contributed by atoms with Crippen molar-refractivity contribution >= 4 is 25.5 Å². The summed E-state index contributed by atoms with van der Waals surface area (Å²) in [6, 6.07) is 5.58. The van der Waals surface area contributed by atoms with Crippen LogP contribution in [-0.2, 0) is 24.5 Å². The van der Waals surface area contributed by atoms with E-state index in [9.17, 15) is 48.0 Å². The van der Waals surface area contributed by atoms with Gasteiger partial charge in [0.05, 0.1) is 9.79 Å². The SMILES string of the molecule is CS(=O)(=O)c1ccc(C(C(=O)C(c2ccc(S(C)(=O)=O)cc2)C(F)(F)F)C(F)(F)F)cc1. The van der Waals surface area contributed by atoms with E-state index < -0.39 is 60.8 Å². The van der Waals surface area contributed by atoms with Crippen LogP contribution in [0.3, 0.4) is 0 Å². The first kappa shape index (κ1) is 25.8. The van der Waals surface area contributed by atoms with Gasteiger partial charge in [0.2, 0.25) is 0 Å². The molecule has 0 spiro atoms. The van der Waals surface area contributed by atoms with Gasteiger partial charge in [-0.3, -0.25) is 4.79 Å². The molecule has 32 heavy (non-hydrogen) atoms. The third-order valence-corrected chi connectivity index (χ3v) is 6.76. The van der Waals surface area contributed by atoms with Crippen molar-refractivity contribution in [2.45, 2.75) is 34.0 Å².